The third-order valence-electron chi connectivity index (χ3n) is 3.04. The Morgan fingerprint density at radius 1 is 1.44 bits per heavy atom. The van der Waals surface area contributed by atoms with Gasteiger partial charge in [-0.1, -0.05) is 12.1 Å². The van der Waals surface area contributed by atoms with E-state index in [2.05, 4.69) is 27.8 Å². The molecule has 0 amide bonds. The maximum absolute atomic E-state index is 5.75. The number of rotatable bonds is 5. The fourth-order valence-electron chi connectivity index (χ4n) is 2.13. The van der Waals surface area contributed by atoms with Gasteiger partial charge in [0, 0.05) is 19.6 Å². The van der Waals surface area contributed by atoms with Crippen LogP contribution in [0.2, 0.25) is 0 Å². The lowest BCUT2D eigenvalue weighted by molar-refractivity contribution is -0.0193. The SMILES string of the molecule is CC1CN(CCCOc2ccccc2Br)CCO1. The molecule has 0 aromatic heterocycles. The first-order chi connectivity index (χ1) is 8.75. The highest BCUT2D eigenvalue weighted by atomic mass is 79.9. The summed E-state index contributed by atoms with van der Waals surface area (Å²) in [6, 6.07) is 7.97. The Morgan fingerprint density at radius 2 is 2.28 bits per heavy atom. The Bertz CT molecular complexity index is 373. The van der Waals surface area contributed by atoms with Gasteiger partial charge in [-0.05, 0) is 41.4 Å². The fraction of sp³-hybridized carbons (Fsp3) is 0.571. The van der Waals surface area contributed by atoms with Gasteiger partial charge in [-0.25, -0.2) is 0 Å². The van der Waals surface area contributed by atoms with Gasteiger partial charge in [0.25, 0.3) is 0 Å². The molecule has 0 bridgehead atoms. The number of hydrogen-bond acceptors (Lipinski definition) is 3. The van der Waals surface area contributed by atoms with Crippen molar-refractivity contribution in [3.8, 4) is 5.75 Å². The van der Waals surface area contributed by atoms with Crippen LogP contribution in [0, 0.1) is 0 Å². The van der Waals surface area contributed by atoms with Crippen molar-refractivity contribution in [1.29, 1.82) is 0 Å². The van der Waals surface area contributed by atoms with Crippen molar-refractivity contribution in [3.63, 3.8) is 0 Å². The number of para-hydroxylation sites is 1. The van der Waals surface area contributed by atoms with Crippen molar-refractivity contribution in [2.45, 2.75) is 19.4 Å². The predicted molar refractivity (Wildman–Crippen MR) is 76.1 cm³/mol. The molecule has 2 rings (SSSR count). The fourth-order valence-corrected chi connectivity index (χ4v) is 2.52. The predicted octanol–water partition coefficient (Wildman–Crippen LogP) is 2.94. The lowest BCUT2D eigenvalue weighted by atomic mass is 10.3. The molecule has 0 radical (unpaired) electrons. The van der Waals surface area contributed by atoms with Crippen LogP contribution >= 0.6 is 15.9 Å². The molecule has 0 N–H and O–H groups in total. The Morgan fingerprint density at radius 3 is 3.06 bits per heavy atom. The summed E-state index contributed by atoms with van der Waals surface area (Å²) >= 11 is 3.48. The van der Waals surface area contributed by atoms with Crippen molar-refractivity contribution < 1.29 is 9.47 Å². The van der Waals surface area contributed by atoms with Crippen LogP contribution < -0.4 is 4.74 Å². The zero-order valence-electron chi connectivity index (χ0n) is 10.8. The molecule has 1 heterocycles. The second-order valence-electron chi connectivity index (χ2n) is 4.61. The highest BCUT2D eigenvalue weighted by molar-refractivity contribution is 9.10. The number of hydrogen-bond donors (Lipinski definition) is 0. The smallest absolute Gasteiger partial charge is 0.133 e. The minimum absolute atomic E-state index is 0.364. The topological polar surface area (TPSA) is 21.7 Å². The summed E-state index contributed by atoms with van der Waals surface area (Å²) in [5, 5.41) is 0. The maximum Gasteiger partial charge on any atom is 0.133 e. The van der Waals surface area contributed by atoms with Gasteiger partial charge >= 0.3 is 0 Å². The molecule has 3 nitrogen and oxygen atoms in total. The molecule has 1 atom stereocenters. The summed E-state index contributed by atoms with van der Waals surface area (Å²) in [4.78, 5) is 2.44. The molecule has 1 aliphatic heterocycles. The van der Waals surface area contributed by atoms with Crippen LogP contribution in [-0.4, -0.2) is 43.9 Å². The summed E-state index contributed by atoms with van der Waals surface area (Å²) in [7, 11) is 0. The second-order valence-corrected chi connectivity index (χ2v) is 5.47. The molecule has 1 unspecified atom stereocenters. The first kappa shape index (κ1) is 13.8. The number of morpholine rings is 1. The standard InChI is InChI=1S/C14H20BrNO2/c1-12-11-16(8-10-17-12)7-4-9-18-14-6-3-2-5-13(14)15/h2-3,5-6,12H,4,7-11H2,1H3. The van der Waals surface area contributed by atoms with Gasteiger partial charge in [-0.15, -0.1) is 0 Å². The highest BCUT2D eigenvalue weighted by Gasteiger charge is 2.15. The number of benzene rings is 1. The van der Waals surface area contributed by atoms with Gasteiger partial charge in [0.05, 0.1) is 23.8 Å². The van der Waals surface area contributed by atoms with Crippen molar-refractivity contribution in [2.24, 2.45) is 0 Å². The van der Waals surface area contributed by atoms with E-state index in [1.807, 2.05) is 24.3 Å². The summed E-state index contributed by atoms with van der Waals surface area (Å²) in [5.41, 5.74) is 0. The van der Waals surface area contributed by atoms with Crippen LogP contribution in [0.5, 0.6) is 5.75 Å². The second kappa shape index (κ2) is 7.12. The normalized spacial score (nSPS) is 20.9. The molecule has 0 aliphatic carbocycles. The first-order valence-electron chi connectivity index (χ1n) is 6.47. The van der Waals surface area contributed by atoms with Crippen LogP contribution in [0.15, 0.2) is 28.7 Å². The number of halogens is 1. The van der Waals surface area contributed by atoms with E-state index in [9.17, 15) is 0 Å². The Labute approximate surface area is 117 Å². The van der Waals surface area contributed by atoms with Gasteiger partial charge in [0.1, 0.15) is 5.75 Å². The average molecular weight is 314 g/mol. The van der Waals surface area contributed by atoms with Gasteiger partial charge in [-0.3, -0.25) is 4.90 Å². The first-order valence-corrected chi connectivity index (χ1v) is 7.26. The minimum atomic E-state index is 0.364. The van der Waals surface area contributed by atoms with Gasteiger partial charge < -0.3 is 9.47 Å². The van der Waals surface area contributed by atoms with Crippen molar-refractivity contribution >= 4 is 15.9 Å². The van der Waals surface area contributed by atoms with Crippen molar-refractivity contribution in [2.75, 3.05) is 32.8 Å². The van der Waals surface area contributed by atoms with Gasteiger partial charge in [-0.2, -0.15) is 0 Å². The Kier molecular flexibility index (Phi) is 5.47. The Balaban J connectivity index is 1.65. The molecule has 1 aromatic rings. The highest BCUT2D eigenvalue weighted by Crippen LogP contribution is 2.23. The molecule has 4 heteroatoms. The van der Waals surface area contributed by atoms with Crippen molar-refractivity contribution in [1.82, 2.24) is 4.90 Å². The zero-order valence-corrected chi connectivity index (χ0v) is 12.4. The molecule has 1 aliphatic rings. The van der Waals surface area contributed by atoms with Crippen LogP contribution in [0.25, 0.3) is 0 Å². The molecule has 1 saturated heterocycles. The molecule has 1 fully saturated rings. The van der Waals surface area contributed by atoms with Crippen LogP contribution in [0.3, 0.4) is 0 Å². The molecule has 100 valence electrons. The van der Waals surface area contributed by atoms with E-state index >= 15 is 0 Å². The minimum Gasteiger partial charge on any atom is -0.492 e. The number of nitrogens with zero attached hydrogens (tertiary/aromatic N) is 1. The van der Waals surface area contributed by atoms with E-state index in [1.165, 1.54) is 0 Å². The summed E-state index contributed by atoms with van der Waals surface area (Å²) in [6.07, 6.45) is 1.41. The third kappa shape index (κ3) is 4.26. The van der Waals surface area contributed by atoms with E-state index in [4.69, 9.17) is 9.47 Å². The van der Waals surface area contributed by atoms with Gasteiger partial charge in [0.2, 0.25) is 0 Å². The third-order valence-corrected chi connectivity index (χ3v) is 3.69. The van der Waals surface area contributed by atoms with E-state index < -0.39 is 0 Å². The molecule has 0 spiro atoms. The average Bonchev–Trinajstić information content (AvgIpc) is 2.37. The molecule has 18 heavy (non-hydrogen) atoms. The molecule has 1 aromatic carbocycles. The summed E-state index contributed by atoms with van der Waals surface area (Å²) in [5.74, 6) is 0.924. The van der Waals surface area contributed by atoms with E-state index in [0.717, 1.165) is 49.5 Å². The Hall–Kier alpha value is -0.580. The zero-order chi connectivity index (χ0) is 12.8. The molecular weight excluding hydrogens is 294 g/mol. The van der Waals surface area contributed by atoms with Crippen LogP contribution in [-0.2, 0) is 4.74 Å². The monoisotopic (exact) mass is 313 g/mol. The molecule has 0 saturated carbocycles. The lowest BCUT2D eigenvalue weighted by Crippen LogP contribution is -2.41. The lowest BCUT2D eigenvalue weighted by Gasteiger charge is -2.30. The number of ether oxygens (including phenoxy) is 2. The van der Waals surface area contributed by atoms with E-state index in [1.54, 1.807) is 0 Å². The molecular formula is C14H20BrNO2. The van der Waals surface area contributed by atoms with Crippen LogP contribution in [0.1, 0.15) is 13.3 Å². The maximum atomic E-state index is 5.75. The summed E-state index contributed by atoms with van der Waals surface area (Å²) < 4.78 is 12.3. The van der Waals surface area contributed by atoms with E-state index in [-0.39, 0.29) is 0 Å². The van der Waals surface area contributed by atoms with Crippen molar-refractivity contribution in [3.05, 3.63) is 28.7 Å². The quantitative estimate of drug-likeness (QED) is 0.780. The largest absolute Gasteiger partial charge is 0.492 e. The summed E-state index contributed by atoms with van der Waals surface area (Å²) in [6.45, 7) is 6.90. The van der Waals surface area contributed by atoms with Gasteiger partial charge in [0.15, 0.2) is 0 Å². The van der Waals surface area contributed by atoms with Crippen LogP contribution in [0.4, 0.5) is 0 Å². The van der Waals surface area contributed by atoms with E-state index in [0.29, 0.717) is 6.10 Å².